The zero-order valence-corrected chi connectivity index (χ0v) is 14.8. The summed E-state index contributed by atoms with van der Waals surface area (Å²) in [6.07, 6.45) is 5.00. The van der Waals surface area contributed by atoms with E-state index in [1.807, 2.05) is 32.0 Å². The van der Waals surface area contributed by atoms with Crippen molar-refractivity contribution in [1.82, 2.24) is 9.97 Å². The van der Waals surface area contributed by atoms with Gasteiger partial charge in [-0.25, -0.2) is 9.97 Å². The van der Waals surface area contributed by atoms with Crippen molar-refractivity contribution in [2.75, 3.05) is 5.32 Å². The molecule has 5 nitrogen and oxygen atoms in total. The quantitative estimate of drug-likeness (QED) is 0.778. The first kappa shape index (κ1) is 19.4. The molecule has 0 aliphatic heterocycles. The van der Waals surface area contributed by atoms with Crippen LogP contribution in [0.15, 0.2) is 46.7 Å². The highest BCUT2D eigenvalue weighted by molar-refractivity contribution is 7.99. The molecule has 1 aromatic carbocycles. The van der Waals surface area contributed by atoms with Crippen LogP contribution in [0.5, 0.6) is 0 Å². The number of aromatic nitrogens is 2. The number of aryl methyl sites for hydroxylation is 1. The first-order valence-electron chi connectivity index (χ1n) is 7.22. The molecule has 0 spiro atoms. The highest BCUT2D eigenvalue weighted by Crippen LogP contribution is 2.27. The van der Waals surface area contributed by atoms with Crippen molar-refractivity contribution in [3.8, 4) is 0 Å². The number of halogens is 1. The van der Waals surface area contributed by atoms with Gasteiger partial charge in [0.25, 0.3) is 0 Å². The van der Waals surface area contributed by atoms with E-state index in [0.29, 0.717) is 11.6 Å². The maximum absolute atomic E-state index is 12.0. The largest absolute Gasteiger partial charge is 0.324 e. The van der Waals surface area contributed by atoms with E-state index in [4.69, 9.17) is 5.73 Å². The van der Waals surface area contributed by atoms with Crippen LogP contribution in [0.25, 0.3) is 0 Å². The van der Waals surface area contributed by atoms with Crippen LogP contribution >= 0.6 is 24.2 Å². The second-order valence-corrected chi connectivity index (χ2v) is 6.04. The smallest absolute Gasteiger partial charge is 0.241 e. The summed E-state index contributed by atoms with van der Waals surface area (Å²) >= 11 is 1.48. The zero-order valence-electron chi connectivity index (χ0n) is 13.2. The molecular weight excluding hydrogens is 332 g/mol. The third-order valence-electron chi connectivity index (χ3n) is 3.14. The SMILES string of the molecule is CCCC(N)C(=O)Nc1ccc(Sc2ncccn2)cc1C.Cl. The number of hydrogen-bond acceptors (Lipinski definition) is 5. The second kappa shape index (κ2) is 9.50. The van der Waals surface area contributed by atoms with Gasteiger partial charge in [-0.3, -0.25) is 4.79 Å². The summed E-state index contributed by atoms with van der Waals surface area (Å²) in [6, 6.07) is 7.15. The molecule has 0 fully saturated rings. The minimum Gasteiger partial charge on any atom is -0.324 e. The van der Waals surface area contributed by atoms with Crippen LogP contribution in [0, 0.1) is 6.92 Å². The number of nitrogens with two attached hydrogens (primary N) is 1. The van der Waals surface area contributed by atoms with E-state index in [1.165, 1.54) is 11.8 Å². The topological polar surface area (TPSA) is 80.9 Å². The maximum Gasteiger partial charge on any atom is 0.241 e. The number of benzene rings is 1. The van der Waals surface area contributed by atoms with Gasteiger partial charge in [0.15, 0.2) is 5.16 Å². The van der Waals surface area contributed by atoms with Gasteiger partial charge in [-0.05, 0) is 54.9 Å². The number of carbonyl (C=O) groups excluding carboxylic acids is 1. The minimum atomic E-state index is -0.462. The molecule has 124 valence electrons. The average molecular weight is 353 g/mol. The average Bonchev–Trinajstić information content (AvgIpc) is 2.51. The molecule has 0 aliphatic carbocycles. The molecule has 23 heavy (non-hydrogen) atoms. The standard InChI is InChI=1S/C16H20N4OS.ClH/c1-3-5-13(17)15(21)20-14-7-6-12(10-11(14)2)22-16-18-8-4-9-19-16;/h4,6-10,13H,3,5,17H2,1-2H3,(H,20,21);1H. The fourth-order valence-corrected chi connectivity index (χ4v) is 2.76. The Hall–Kier alpha value is -1.63. The minimum absolute atomic E-state index is 0. The Morgan fingerprint density at radius 3 is 2.65 bits per heavy atom. The van der Waals surface area contributed by atoms with Gasteiger partial charge in [-0.15, -0.1) is 12.4 Å². The van der Waals surface area contributed by atoms with Gasteiger partial charge >= 0.3 is 0 Å². The molecule has 0 radical (unpaired) electrons. The fraction of sp³-hybridized carbons (Fsp3) is 0.312. The lowest BCUT2D eigenvalue weighted by Gasteiger charge is -2.13. The molecule has 2 rings (SSSR count). The third kappa shape index (κ3) is 5.82. The molecule has 0 aliphatic rings. The summed E-state index contributed by atoms with van der Waals surface area (Å²) in [6.45, 7) is 3.97. The highest BCUT2D eigenvalue weighted by atomic mass is 35.5. The van der Waals surface area contributed by atoms with E-state index in [1.54, 1.807) is 18.5 Å². The first-order valence-corrected chi connectivity index (χ1v) is 8.03. The molecule has 0 saturated carbocycles. The Bertz CT molecular complexity index is 639. The Kier molecular flexibility index (Phi) is 8.02. The molecule has 3 N–H and O–H groups in total. The van der Waals surface area contributed by atoms with Crippen LogP contribution in [0.2, 0.25) is 0 Å². The van der Waals surface area contributed by atoms with Crippen molar-refractivity contribution in [2.45, 2.75) is 42.8 Å². The first-order chi connectivity index (χ1) is 10.6. The molecule has 1 amide bonds. The monoisotopic (exact) mass is 352 g/mol. The Balaban J connectivity index is 0.00000264. The Morgan fingerprint density at radius 1 is 1.35 bits per heavy atom. The molecule has 1 atom stereocenters. The van der Waals surface area contributed by atoms with Gasteiger partial charge in [0, 0.05) is 23.0 Å². The normalized spacial score (nSPS) is 11.4. The van der Waals surface area contributed by atoms with E-state index >= 15 is 0 Å². The van der Waals surface area contributed by atoms with Crippen LogP contribution in [0.4, 0.5) is 5.69 Å². The molecular formula is C16H21ClN4OS. The van der Waals surface area contributed by atoms with E-state index in [2.05, 4.69) is 15.3 Å². The molecule has 0 saturated heterocycles. The van der Waals surface area contributed by atoms with Crippen LogP contribution in [-0.4, -0.2) is 21.9 Å². The number of rotatable bonds is 6. The van der Waals surface area contributed by atoms with E-state index in [0.717, 1.165) is 22.6 Å². The van der Waals surface area contributed by atoms with Gasteiger partial charge in [-0.1, -0.05) is 13.3 Å². The van der Waals surface area contributed by atoms with Crippen LogP contribution < -0.4 is 11.1 Å². The molecule has 1 unspecified atom stereocenters. The number of carbonyl (C=O) groups is 1. The van der Waals surface area contributed by atoms with Crippen LogP contribution in [0.1, 0.15) is 25.3 Å². The number of nitrogens with one attached hydrogen (secondary N) is 1. The molecule has 1 heterocycles. The zero-order chi connectivity index (χ0) is 15.9. The lowest BCUT2D eigenvalue weighted by molar-refractivity contribution is -0.117. The second-order valence-electron chi connectivity index (χ2n) is 4.99. The predicted octanol–water partition coefficient (Wildman–Crippen LogP) is 3.42. The molecule has 1 aromatic heterocycles. The van der Waals surface area contributed by atoms with Crippen molar-refractivity contribution in [3.05, 3.63) is 42.2 Å². The van der Waals surface area contributed by atoms with Gasteiger partial charge in [0.05, 0.1) is 6.04 Å². The summed E-state index contributed by atoms with van der Waals surface area (Å²) < 4.78 is 0. The summed E-state index contributed by atoms with van der Waals surface area (Å²) in [5.41, 5.74) is 7.60. The van der Waals surface area contributed by atoms with Crippen molar-refractivity contribution < 1.29 is 4.79 Å². The van der Waals surface area contributed by atoms with Gasteiger partial charge < -0.3 is 11.1 Å². The van der Waals surface area contributed by atoms with E-state index in [-0.39, 0.29) is 18.3 Å². The lowest BCUT2D eigenvalue weighted by atomic mass is 10.1. The summed E-state index contributed by atoms with van der Waals surface area (Å²) in [4.78, 5) is 21.4. The highest BCUT2D eigenvalue weighted by Gasteiger charge is 2.13. The molecule has 0 bridgehead atoms. The Morgan fingerprint density at radius 2 is 2.04 bits per heavy atom. The van der Waals surface area contributed by atoms with Crippen LogP contribution in [-0.2, 0) is 4.79 Å². The third-order valence-corrected chi connectivity index (χ3v) is 4.03. The van der Waals surface area contributed by atoms with Crippen molar-refractivity contribution >= 4 is 35.8 Å². The molecule has 7 heteroatoms. The summed E-state index contributed by atoms with van der Waals surface area (Å²) in [7, 11) is 0. The van der Waals surface area contributed by atoms with Gasteiger partial charge in [0.1, 0.15) is 0 Å². The number of amides is 1. The summed E-state index contributed by atoms with van der Waals surface area (Å²) in [5.74, 6) is -0.142. The molecule has 2 aromatic rings. The van der Waals surface area contributed by atoms with Gasteiger partial charge in [-0.2, -0.15) is 0 Å². The lowest BCUT2D eigenvalue weighted by Crippen LogP contribution is -2.35. The van der Waals surface area contributed by atoms with Gasteiger partial charge in [0.2, 0.25) is 5.91 Å². The number of hydrogen-bond donors (Lipinski definition) is 2. The van der Waals surface area contributed by atoms with Crippen molar-refractivity contribution in [1.29, 1.82) is 0 Å². The fourth-order valence-electron chi connectivity index (χ4n) is 1.95. The van der Waals surface area contributed by atoms with E-state index in [9.17, 15) is 4.79 Å². The summed E-state index contributed by atoms with van der Waals surface area (Å²) in [5, 5.41) is 3.58. The van der Waals surface area contributed by atoms with Crippen molar-refractivity contribution in [2.24, 2.45) is 5.73 Å². The maximum atomic E-state index is 12.0. The number of anilines is 1. The van der Waals surface area contributed by atoms with E-state index < -0.39 is 6.04 Å². The number of nitrogens with zero attached hydrogens (tertiary/aromatic N) is 2. The Labute approximate surface area is 146 Å². The van der Waals surface area contributed by atoms with Crippen molar-refractivity contribution in [3.63, 3.8) is 0 Å². The van der Waals surface area contributed by atoms with Crippen LogP contribution in [0.3, 0.4) is 0 Å². The predicted molar refractivity (Wildman–Crippen MR) is 96.1 cm³/mol.